The topological polar surface area (TPSA) is 120 Å². The van der Waals surface area contributed by atoms with Crippen LogP contribution < -0.4 is 0 Å². The summed E-state index contributed by atoms with van der Waals surface area (Å²) in [5, 5.41) is 26.9. The largest absolute Gasteiger partial charge is 0.508 e. The zero-order valence-corrected chi connectivity index (χ0v) is 28.5. The van der Waals surface area contributed by atoms with Gasteiger partial charge in [0.25, 0.3) is 0 Å². The van der Waals surface area contributed by atoms with E-state index in [2.05, 4.69) is 19.9 Å². The van der Waals surface area contributed by atoms with Crippen molar-refractivity contribution in [2.24, 2.45) is 34.5 Å². The van der Waals surface area contributed by atoms with Gasteiger partial charge in [-0.3, -0.25) is 9.59 Å². The molecular formula is C39H50N2O7. The maximum absolute atomic E-state index is 14.5. The van der Waals surface area contributed by atoms with Crippen molar-refractivity contribution >= 4 is 17.8 Å². The van der Waals surface area contributed by atoms with Crippen molar-refractivity contribution < 1.29 is 34.0 Å². The van der Waals surface area contributed by atoms with Gasteiger partial charge in [-0.25, -0.2) is 4.68 Å². The average Bonchev–Trinajstić information content (AvgIpc) is 3.73. The lowest BCUT2D eigenvalue weighted by Crippen LogP contribution is -2.64. The Bertz CT molecular complexity index is 1610. The zero-order valence-electron chi connectivity index (χ0n) is 28.5. The number of aromatic nitrogens is 2. The van der Waals surface area contributed by atoms with Crippen molar-refractivity contribution in [3.05, 3.63) is 47.3 Å². The molecule has 0 bridgehead atoms. The molecule has 1 aromatic carbocycles. The van der Waals surface area contributed by atoms with Crippen molar-refractivity contribution in [3.63, 3.8) is 0 Å². The van der Waals surface area contributed by atoms with E-state index in [1.807, 2.05) is 29.9 Å². The number of ether oxygens (including phenoxy) is 3. The van der Waals surface area contributed by atoms with Gasteiger partial charge in [0.1, 0.15) is 5.75 Å². The van der Waals surface area contributed by atoms with Crippen LogP contribution in [0.2, 0.25) is 0 Å². The van der Waals surface area contributed by atoms with E-state index in [4.69, 9.17) is 19.3 Å². The number of phenolic OH excluding ortho intramolecular Hbond substituents is 1. The highest BCUT2D eigenvalue weighted by Gasteiger charge is 2.76. The number of hydrogen-bond acceptors (Lipinski definition) is 8. The van der Waals surface area contributed by atoms with E-state index in [9.17, 15) is 19.8 Å². The lowest BCUT2D eigenvalue weighted by molar-refractivity contribution is -0.212. The lowest BCUT2D eigenvalue weighted by Gasteiger charge is -2.60. The summed E-state index contributed by atoms with van der Waals surface area (Å²) >= 11 is 0. The summed E-state index contributed by atoms with van der Waals surface area (Å²) in [5.74, 6) is 0.223. The second-order valence-electron chi connectivity index (χ2n) is 16.1. The van der Waals surface area contributed by atoms with Crippen LogP contribution in [-0.2, 0) is 30.2 Å². The van der Waals surface area contributed by atoms with Gasteiger partial charge < -0.3 is 24.4 Å². The fourth-order valence-corrected chi connectivity index (χ4v) is 11.4. The number of hydrogen-bond donors (Lipinski definition) is 2. The number of aliphatic hydroxyl groups excluding tert-OH is 1. The number of rotatable bonds is 7. The molecule has 5 aliphatic carbocycles. The maximum Gasteiger partial charge on any atom is 0.306 e. The number of esters is 1. The van der Waals surface area contributed by atoms with Gasteiger partial charge in [-0.1, -0.05) is 45.6 Å². The van der Waals surface area contributed by atoms with Crippen molar-refractivity contribution in [2.75, 3.05) is 6.61 Å². The number of Topliss-reactive ketones (excluding diaryl/α,β-unsaturated/α-hetero) is 1. The van der Waals surface area contributed by atoms with Crippen LogP contribution in [0.5, 0.6) is 5.75 Å². The molecule has 258 valence electrons. The van der Waals surface area contributed by atoms with Crippen LogP contribution in [0.1, 0.15) is 103 Å². The van der Waals surface area contributed by atoms with Crippen LogP contribution >= 0.6 is 0 Å². The predicted molar refractivity (Wildman–Crippen MR) is 178 cm³/mol. The summed E-state index contributed by atoms with van der Waals surface area (Å²) in [6, 6.07) is 7.11. The van der Waals surface area contributed by atoms with Crippen molar-refractivity contribution in [3.8, 4) is 11.4 Å². The van der Waals surface area contributed by atoms with Gasteiger partial charge in [0.15, 0.2) is 18.5 Å². The van der Waals surface area contributed by atoms with Gasteiger partial charge in [0.2, 0.25) is 5.78 Å². The first kappa shape index (κ1) is 32.2. The molecule has 0 amide bonds. The quantitative estimate of drug-likeness (QED) is 0.332. The SMILES string of the molecule is CCCC(=O)OCC(=O)[C@@]12OC(C3CCCCC3)O[C@@H]1C[C@H]1[C@@H]3CCC4=Cc5c(cnn5-c5ccc(O)cc5)C[C@]4(C)[C@H]3[C@@H](O)C[C@@]12C. The molecule has 9 atom stereocenters. The minimum atomic E-state index is -1.25. The van der Waals surface area contributed by atoms with Crippen molar-refractivity contribution in [1.82, 2.24) is 9.78 Å². The summed E-state index contributed by atoms with van der Waals surface area (Å²) in [4.78, 5) is 26.9. The fourth-order valence-electron chi connectivity index (χ4n) is 11.4. The molecule has 1 aliphatic heterocycles. The summed E-state index contributed by atoms with van der Waals surface area (Å²) in [6.07, 6.45) is 13.0. The van der Waals surface area contributed by atoms with Crippen LogP contribution in [0.4, 0.5) is 0 Å². The number of fused-ring (bicyclic) bond motifs is 8. The molecule has 0 spiro atoms. The van der Waals surface area contributed by atoms with Gasteiger partial charge >= 0.3 is 5.97 Å². The second-order valence-corrected chi connectivity index (χ2v) is 16.1. The molecular weight excluding hydrogens is 608 g/mol. The van der Waals surface area contributed by atoms with Crippen molar-refractivity contribution in [2.45, 2.75) is 122 Å². The highest BCUT2D eigenvalue weighted by Crippen LogP contribution is 2.70. The van der Waals surface area contributed by atoms with Crippen LogP contribution in [0.25, 0.3) is 11.8 Å². The minimum Gasteiger partial charge on any atom is -0.508 e. The van der Waals surface area contributed by atoms with E-state index in [-0.39, 0.29) is 59.6 Å². The number of allylic oxidation sites excluding steroid dienone is 1. The number of phenols is 1. The Labute approximate surface area is 283 Å². The van der Waals surface area contributed by atoms with Gasteiger partial charge in [-0.2, -0.15) is 5.10 Å². The number of benzene rings is 1. The number of aromatic hydroxyl groups is 1. The fraction of sp³-hybridized carbons (Fsp3) is 0.667. The monoisotopic (exact) mass is 658 g/mol. The van der Waals surface area contributed by atoms with E-state index in [1.54, 1.807) is 12.1 Å². The Hall–Kier alpha value is -3.01. The van der Waals surface area contributed by atoms with Crippen molar-refractivity contribution in [1.29, 1.82) is 0 Å². The van der Waals surface area contributed by atoms with E-state index in [0.29, 0.717) is 19.3 Å². The molecule has 1 saturated heterocycles. The first-order valence-electron chi connectivity index (χ1n) is 18.4. The van der Waals surface area contributed by atoms with E-state index in [0.717, 1.165) is 61.9 Å². The predicted octanol–water partition coefficient (Wildman–Crippen LogP) is 6.31. The number of carbonyl (C=O) groups excluding carboxylic acids is 2. The standard InChI is InChI=1S/C39H50N2O7/c1-4-8-34(45)46-22-32(44)39-33(47-36(48-39)23-9-6-5-7-10-23)18-29-28-16-11-25-17-30-24(21-40-41(30)26-12-14-27(42)15-13-26)19-37(25,2)35(28)31(43)20-38(29,39)3/h12-15,17,21,23,28-29,31,33,35-36,42-43H,4-11,16,18-20,22H2,1-3H3/t28-,29-,31-,33+,35+,36?,37-,38-,39+/m0/s1. The first-order chi connectivity index (χ1) is 23.1. The van der Waals surface area contributed by atoms with Gasteiger partial charge in [0, 0.05) is 17.8 Å². The smallest absolute Gasteiger partial charge is 0.306 e. The summed E-state index contributed by atoms with van der Waals surface area (Å²) in [7, 11) is 0. The molecule has 2 N–H and O–H groups in total. The second kappa shape index (κ2) is 11.8. The molecule has 8 rings (SSSR count). The van der Waals surface area contributed by atoms with Gasteiger partial charge in [0.05, 0.1) is 29.8 Å². The minimum absolute atomic E-state index is 0.0169. The molecule has 9 heteroatoms. The molecule has 2 aromatic rings. The Morgan fingerprint density at radius 3 is 2.62 bits per heavy atom. The van der Waals surface area contributed by atoms with E-state index < -0.39 is 29.5 Å². The third-order valence-electron chi connectivity index (χ3n) is 13.5. The van der Waals surface area contributed by atoms with Gasteiger partial charge in [-0.05, 0) is 110 Å². The Balaban J connectivity index is 1.11. The first-order valence-corrected chi connectivity index (χ1v) is 18.4. The molecule has 5 fully saturated rings. The van der Waals surface area contributed by atoms with Crippen LogP contribution in [0.15, 0.2) is 36.0 Å². The highest BCUT2D eigenvalue weighted by atomic mass is 16.7. The molecule has 2 heterocycles. The molecule has 1 unspecified atom stereocenters. The lowest BCUT2D eigenvalue weighted by atomic mass is 9.45. The molecule has 0 radical (unpaired) electrons. The number of nitrogens with zero attached hydrogens (tertiary/aromatic N) is 2. The number of ketones is 1. The molecule has 48 heavy (non-hydrogen) atoms. The maximum atomic E-state index is 14.5. The summed E-state index contributed by atoms with van der Waals surface area (Å²) in [6.45, 7) is 6.08. The third-order valence-corrected chi connectivity index (χ3v) is 13.5. The van der Waals surface area contributed by atoms with E-state index in [1.165, 1.54) is 12.0 Å². The Morgan fingerprint density at radius 1 is 1.10 bits per heavy atom. The number of aliphatic hydroxyl groups is 1. The summed E-state index contributed by atoms with van der Waals surface area (Å²) < 4.78 is 21.3. The Morgan fingerprint density at radius 2 is 1.88 bits per heavy atom. The summed E-state index contributed by atoms with van der Waals surface area (Å²) in [5.41, 5.74) is 2.30. The zero-order chi connectivity index (χ0) is 33.4. The van der Waals surface area contributed by atoms with Crippen LogP contribution in [0.3, 0.4) is 0 Å². The molecule has 1 aromatic heterocycles. The van der Waals surface area contributed by atoms with Gasteiger partial charge in [-0.15, -0.1) is 0 Å². The van der Waals surface area contributed by atoms with Crippen LogP contribution in [-0.4, -0.2) is 62.5 Å². The van der Waals surface area contributed by atoms with E-state index >= 15 is 0 Å². The molecule has 9 nitrogen and oxygen atoms in total. The normalized spacial score (nSPS) is 38.6. The number of carbonyl (C=O) groups is 2. The molecule has 6 aliphatic rings. The highest BCUT2D eigenvalue weighted by molar-refractivity contribution is 5.92. The third kappa shape index (κ3) is 4.70. The molecule has 4 saturated carbocycles. The average molecular weight is 659 g/mol. The van der Waals surface area contributed by atoms with Crippen LogP contribution in [0, 0.1) is 34.5 Å². The Kier molecular flexibility index (Phi) is 7.92.